The van der Waals surface area contributed by atoms with E-state index in [0.717, 1.165) is 4.88 Å². The maximum atomic E-state index is 13.8. The van der Waals surface area contributed by atoms with Gasteiger partial charge in [0.05, 0.1) is 0 Å². The second-order valence-electron chi connectivity index (χ2n) is 8.20. The molecule has 0 radical (unpaired) electrons. The maximum absolute atomic E-state index is 13.8. The molecule has 0 atom stereocenters. The average molecular weight is 425 g/mol. The first-order valence-electron chi connectivity index (χ1n) is 9.51. The Labute approximate surface area is 176 Å². The van der Waals surface area contributed by atoms with Gasteiger partial charge in [0.25, 0.3) is 11.5 Å². The molecule has 8 heteroatoms. The molecule has 30 heavy (non-hydrogen) atoms. The van der Waals surface area contributed by atoms with Crippen molar-refractivity contribution in [2.45, 2.75) is 33.1 Å². The lowest BCUT2D eigenvalue weighted by molar-refractivity contribution is 0.0910. The highest BCUT2D eigenvalue weighted by molar-refractivity contribution is 7.15. The lowest BCUT2D eigenvalue weighted by Gasteiger charge is -2.29. The number of benzene rings is 1. The minimum atomic E-state index is -0.636. The van der Waals surface area contributed by atoms with Crippen LogP contribution in [0.15, 0.2) is 41.3 Å². The van der Waals surface area contributed by atoms with E-state index in [1.54, 1.807) is 24.4 Å². The molecular weight excluding hydrogens is 405 g/mol. The van der Waals surface area contributed by atoms with Crippen molar-refractivity contribution in [2.24, 2.45) is 5.41 Å². The summed E-state index contributed by atoms with van der Waals surface area (Å²) < 4.78 is 13.8. The van der Waals surface area contributed by atoms with Gasteiger partial charge in [0.15, 0.2) is 10.9 Å². The molecule has 1 amide bonds. The zero-order valence-electron chi connectivity index (χ0n) is 16.5. The second kappa shape index (κ2) is 7.60. The molecule has 154 valence electrons. The lowest BCUT2D eigenvalue weighted by atomic mass is 9.75. The van der Waals surface area contributed by atoms with E-state index >= 15 is 0 Å². The summed E-state index contributed by atoms with van der Waals surface area (Å²) in [6.45, 7) is 3.93. The van der Waals surface area contributed by atoms with Crippen LogP contribution in [0.3, 0.4) is 0 Å². The number of hydrogen-bond donors (Lipinski definition) is 2. The number of pyridine rings is 1. The molecular formula is C22H20FN3O3S. The maximum Gasteiger partial charge on any atom is 0.263 e. The van der Waals surface area contributed by atoms with Crippen molar-refractivity contribution in [3.63, 3.8) is 0 Å². The number of Topliss-reactive ketones (excluding diaryl/α,β-unsaturated/α-hetero) is 1. The smallest absolute Gasteiger partial charge is 0.263 e. The standard InChI is InChI=1S/C22H20FN3O3S/c1-22(2)9-17-14(18(27)10-22)8-15(19(28)25-17)20(29)26-21-24-11-13(30-21)7-12-5-3-4-6-16(12)23/h3-6,8,11H,7,9-10H2,1-2H3,(H,25,28)(H,24,26,29). The van der Waals surface area contributed by atoms with Crippen LogP contribution in [-0.4, -0.2) is 21.7 Å². The highest BCUT2D eigenvalue weighted by atomic mass is 32.1. The molecule has 4 rings (SSSR count). The first kappa shape index (κ1) is 20.2. The topological polar surface area (TPSA) is 91.9 Å². The number of thiazole rings is 1. The number of anilines is 1. The van der Waals surface area contributed by atoms with E-state index in [9.17, 15) is 18.8 Å². The quantitative estimate of drug-likeness (QED) is 0.662. The van der Waals surface area contributed by atoms with E-state index in [4.69, 9.17) is 0 Å². The second-order valence-corrected chi connectivity index (χ2v) is 9.31. The van der Waals surface area contributed by atoms with E-state index in [2.05, 4.69) is 15.3 Å². The van der Waals surface area contributed by atoms with Crippen LogP contribution in [0.25, 0.3) is 0 Å². The van der Waals surface area contributed by atoms with Crippen molar-refractivity contribution >= 4 is 28.2 Å². The molecule has 0 spiro atoms. The van der Waals surface area contributed by atoms with Gasteiger partial charge in [0.1, 0.15) is 11.4 Å². The van der Waals surface area contributed by atoms with Gasteiger partial charge in [0.2, 0.25) is 0 Å². The molecule has 2 aromatic heterocycles. The number of aromatic amines is 1. The number of aromatic nitrogens is 2. The largest absolute Gasteiger partial charge is 0.325 e. The first-order chi connectivity index (χ1) is 14.2. The molecule has 0 aliphatic heterocycles. The summed E-state index contributed by atoms with van der Waals surface area (Å²) in [5.74, 6) is -1.03. The summed E-state index contributed by atoms with van der Waals surface area (Å²) in [4.78, 5) is 45.1. The van der Waals surface area contributed by atoms with Gasteiger partial charge in [-0.2, -0.15) is 0 Å². The molecule has 1 aliphatic rings. The fraction of sp³-hybridized carbons (Fsp3) is 0.273. The Morgan fingerprint density at radius 2 is 2.03 bits per heavy atom. The van der Waals surface area contributed by atoms with Crippen LogP contribution in [0.2, 0.25) is 0 Å². The van der Waals surface area contributed by atoms with Gasteiger partial charge in [-0.05, 0) is 29.5 Å². The van der Waals surface area contributed by atoms with E-state index in [1.165, 1.54) is 23.5 Å². The third-order valence-electron chi connectivity index (χ3n) is 5.06. The zero-order valence-corrected chi connectivity index (χ0v) is 17.4. The normalized spacial score (nSPS) is 15.0. The van der Waals surface area contributed by atoms with Gasteiger partial charge >= 0.3 is 0 Å². The van der Waals surface area contributed by atoms with Gasteiger partial charge in [-0.3, -0.25) is 19.7 Å². The summed E-state index contributed by atoms with van der Waals surface area (Å²) in [5, 5.41) is 2.90. The van der Waals surface area contributed by atoms with E-state index in [1.807, 2.05) is 13.8 Å². The molecule has 0 bridgehead atoms. The van der Waals surface area contributed by atoms with Crippen molar-refractivity contribution in [3.05, 3.63) is 80.0 Å². The van der Waals surface area contributed by atoms with Crippen LogP contribution >= 0.6 is 11.3 Å². The highest BCUT2D eigenvalue weighted by Crippen LogP contribution is 2.33. The molecule has 2 N–H and O–H groups in total. The van der Waals surface area contributed by atoms with Crippen molar-refractivity contribution < 1.29 is 14.0 Å². The predicted octanol–water partition coefficient (Wildman–Crippen LogP) is 3.97. The Balaban J connectivity index is 1.53. The fourth-order valence-corrected chi connectivity index (χ4v) is 4.47. The number of halogens is 1. The molecule has 6 nitrogen and oxygen atoms in total. The molecule has 0 saturated carbocycles. The molecule has 0 saturated heterocycles. The van der Waals surface area contributed by atoms with Gasteiger partial charge in [0, 0.05) is 35.2 Å². The Hall–Kier alpha value is -3.13. The highest BCUT2D eigenvalue weighted by Gasteiger charge is 2.32. The number of nitrogens with zero attached hydrogens (tertiary/aromatic N) is 1. The minimum Gasteiger partial charge on any atom is -0.325 e. The monoisotopic (exact) mass is 425 g/mol. The number of carbonyl (C=O) groups is 2. The zero-order chi connectivity index (χ0) is 21.5. The fourth-order valence-electron chi connectivity index (χ4n) is 3.64. The van der Waals surface area contributed by atoms with Crippen molar-refractivity contribution in [1.82, 2.24) is 9.97 Å². The summed E-state index contributed by atoms with van der Waals surface area (Å²) in [5.41, 5.74) is 0.587. The summed E-state index contributed by atoms with van der Waals surface area (Å²) in [6.07, 6.45) is 2.84. The minimum absolute atomic E-state index is 0.0898. The summed E-state index contributed by atoms with van der Waals surface area (Å²) in [6, 6.07) is 7.84. The third-order valence-corrected chi connectivity index (χ3v) is 5.97. The van der Waals surface area contributed by atoms with Crippen LogP contribution in [0.1, 0.15) is 57.1 Å². The first-order valence-corrected chi connectivity index (χ1v) is 10.3. The Kier molecular flexibility index (Phi) is 5.11. The molecule has 3 aromatic rings. The summed E-state index contributed by atoms with van der Waals surface area (Å²) in [7, 11) is 0. The molecule has 0 unspecified atom stereocenters. The average Bonchev–Trinajstić information content (AvgIpc) is 3.09. The molecule has 1 aliphatic carbocycles. The Morgan fingerprint density at radius 1 is 1.27 bits per heavy atom. The SMILES string of the molecule is CC1(C)CC(=O)c2cc(C(=O)Nc3ncc(Cc4ccccc4F)s3)c(=O)[nH]c2C1. The predicted molar refractivity (Wildman–Crippen MR) is 113 cm³/mol. The van der Waals surface area contributed by atoms with Gasteiger partial charge in [-0.1, -0.05) is 32.0 Å². The van der Waals surface area contributed by atoms with Crippen LogP contribution in [-0.2, 0) is 12.8 Å². The molecule has 2 heterocycles. The Morgan fingerprint density at radius 3 is 2.80 bits per heavy atom. The van der Waals surface area contributed by atoms with E-state index < -0.39 is 11.5 Å². The lowest BCUT2D eigenvalue weighted by Crippen LogP contribution is -2.32. The van der Waals surface area contributed by atoms with Crippen molar-refractivity contribution in [1.29, 1.82) is 0 Å². The Bertz CT molecular complexity index is 1210. The molecule has 0 fully saturated rings. The third kappa shape index (κ3) is 4.09. The van der Waals surface area contributed by atoms with E-state index in [-0.39, 0.29) is 22.6 Å². The molecule has 1 aromatic carbocycles. The van der Waals surface area contributed by atoms with Gasteiger partial charge in [-0.15, -0.1) is 11.3 Å². The van der Waals surface area contributed by atoms with Crippen LogP contribution < -0.4 is 10.9 Å². The van der Waals surface area contributed by atoms with Crippen molar-refractivity contribution in [2.75, 3.05) is 5.32 Å². The number of ketones is 1. The van der Waals surface area contributed by atoms with Crippen LogP contribution in [0.4, 0.5) is 9.52 Å². The number of rotatable bonds is 4. The van der Waals surface area contributed by atoms with Crippen LogP contribution in [0, 0.1) is 11.2 Å². The number of fused-ring (bicyclic) bond motifs is 1. The summed E-state index contributed by atoms with van der Waals surface area (Å²) >= 11 is 1.21. The number of nitrogens with one attached hydrogen (secondary N) is 2. The van der Waals surface area contributed by atoms with Gasteiger partial charge in [-0.25, -0.2) is 9.37 Å². The number of amides is 1. The number of hydrogen-bond acceptors (Lipinski definition) is 5. The number of H-pyrrole nitrogens is 1. The van der Waals surface area contributed by atoms with Crippen LogP contribution in [0.5, 0.6) is 0 Å². The van der Waals surface area contributed by atoms with E-state index in [0.29, 0.717) is 41.2 Å². The number of carbonyl (C=O) groups excluding carboxylic acids is 2. The van der Waals surface area contributed by atoms with Gasteiger partial charge < -0.3 is 4.98 Å². The van der Waals surface area contributed by atoms with Crippen molar-refractivity contribution in [3.8, 4) is 0 Å².